The maximum atomic E-state index is 13.5. The minimum Gasteiger partial charge on any atom is -0.353 e. The zero-order valence-corrected chi connectivity index (χ0v) is 9.89. The molecule has 0 saturated carbocycles. The van der Waals surface area contributed by atoms with Gasteiger partial charge in [0.05, 0.1) is 17.4 Å². The van der Waals surface area contributed by atoms with Gasteiger partial charge in [-0.25, -0.2) is 4.39 Å². The van der Waals surface area contributed by atoms with E-state index in [1.165, 1.54) is 6.07 Å². The van der Waals surface area contributed by atoms with E-state index in [1.807, 2.05) is 31.4 Å². The molecule has 2 aromatic carbocycles. The predicted octanol–water partition coefficient (Wildman–Crippen LogP) is 3.46. The van der Waals surface area contributed by atoms with E-state index in [0.717, 1.165) is 16.6 Å². The van der Waals surface area contributed by atoms with Crippen molar-refractivity contribution < 1.29 is 4.39 Å². The molecule has 1 heterocycles. The van der Waals surface area contributed by atoms with E-state index in [-0.39, 0.29) is 5.82 Å². The van der Waals surface area contributed by atoms with Gasteiger partial charge in [-0.1, -0.05) is 12.1 Å². The maximum absolute atomic E-state index is 13.5. The van der Waals surface area contributed by atoms with Crippen LogP contribution in [0.4, 0.5) is 15.8 Å². The molecule has 0 radical (unpaired) electrons. The Bertz CT molecular complexity index is 703. The van der Waals surface area contributed by atoms with Gasteiger partial charge in [0.25, 0.3) is 0 Å². The lowest BCUT2D eigenvalue weighted by Crippen LogP contribution is -1.94. The second-order valence-corrected chi connectivity index (χ2v) is 4.15. The molecule has 0 aliphatic carbocycles. The van der Waals surface area contributed by atoms with E-state index in [4.69, 9.17) is 0 Å². The highest BCUT2D eigenvalue weighted by Crippen LogP contribution is 2.23. The lowest BCUT2D eigenvalue weighted by molar-refractivity contribution is 0.632. The summed E-state index contributed by atoms with van der Waals surface area (Å²) in [4.78, 5) is 0. The third kappa shape index (κ3) is 1.82. The van der Waals surface area contributed by atoms with Crippen molar-refractivity contribution in [1.82, 2.24) is 9.78 Å². The number of benzene rings is 2. The lowest BCUT2D eigenvalue weighted by atomic mass is 10.2. The van der Waals surface area contributed by atoms with Crippen molar-refractivity contribution in [3.05, 3.63) is 54.5 Å². The van der Waals surface area contributed by atoms with Crippen molar-refractivity contribution in [3.8, 4) is 0 Å². The van der Waals surface area contributed by atoms with Gasteiger partial charge in [0, 0.05) is 18.1 Å². The average Bonchev–Trinajstić information content (AvgIpc) is 2.74. The Morgan fingerprint density at radius 1 is 1.17 bits per heavy atom. The fourth-order valence-electron chi connectivity index (χ4n) is 1.94. The second-order valence-electron chi connectivity index (χ2n) is 4.15. The van der Waals surface area contributed by atoms with Crippen LogP contribution in [0.15, 0.2) is 48.7 Å². The first kappa shape index (κ1) is 10.8. The second kappa shape index (κ2) is 4.14. The number of para-hydroxylation sites is 1. The Morgan fingerprint density at radius 2 is 2.00 bits per heavy atom. The summed E-state index contributed by atoms with van der Waals surface area (Å²) < 4.78 is 15.3. The fourth-order valence-corrected chi connectivity index (χ4v) is 1.94. The van der Waals surface area contributed by atoms with Gasteiger partial charge in [-0.3, -0.25) is 4.68 Å². The van der Waals surface area contributed by atoms with Crippen LogP contribution in [-0.2, 0) is 7.05 Å². The first-order valence-electron chi connectivity index (χ1n) is 5.67. The summed E-state index contributed by atoms with van der Waals surface area (Å²) in [6.45, 7) is 0. The molecule has 0 atom stereocenters. The molecule has 1 aromatic heterocycles. The average molecular weight is 241 g/mol. The lowest BCUT2D eigenvalue weighted by Gasteiger charge is -2.07. The monoisotopic (exact) mass is 241 g/mol. The molecule has 90 valence electrons. The minimum atomic E-state index is -0.261. The van der Waals surface area contributed by atoms with Gasteiger partial charge < -0.3 is 5.32 Å². The van der Waals surface area contributed by atoms with Crippen LogP contribution in [0.3, 0.4) is 0 Å². The summed E-state index contributed by atoms with van der Waals surface area (Å²) in [6, 6.07) is 12.4. The van der Waals surface area contributed by atoms with Crippen LogP contribution < -0.4 is 5.32 Å². The molecule has 0 aliphatic heterocycles. The van der Waals surface area contributed by atoms with E-state index < -0.39 is 0 Å². The van der Waals surface area contributed by atoms with Crippen LogP contribution in [0, 0.1) is 5.82 Å². The molecule has 3 aromatic rings. The summed E-state index contributed by atoms with van der Waals surface area (Å²) in [5, 5.41) is 8.31. The fraction of sp³-hybridized carbons (Fsp3) is 0.0714. The first-order chi connectivity index (χ1) is 8.74. The Hall–Kier alpha value is -2.36. The van der Waals surface area contributed by atoms with Crippen molar-refractivity contribution in [3.63, 3.8) is 0 Å². The van der Waals surface area contributed by atoms with Gasteiger partial charge in [-0.15, -0.1) is 0 Å². The summed E-state index contributed by atoms with van der Waals surface area (Å²) in [5.74, 6) is -0.261. The zero-order valence-electron chi connectivity index (χ0n) is 9.89. The molecule has 3 rings (SSSR count). The van der Waals surface area contributed by atoms with Crippen LogP contribution in [-0.4, -0.2) is 9.78 Å². The molecule has 0 unspecified atom stereocenters. The molecule has 3 nitrogen and oxygen atoms in total. The molecule has 0 amide bonds. The topological polar surface area (TPSA) is 29.9 Å². The molecule has 4 heteroatoms. The number of nitrogens with one attached hydrogen (secondary N) is 1. The van der Waals surface area contributed by atoms with Gasteiger partial charge in [0.15, 0.2) is 0 Å². The normalized spacial score (nSPS) is 10.8. The van der Waals surface area contributed by atoms with E-state index in [1.54, 1.807) is 22.9 Å². The molecular weight excluding hydrogens is 229 g/mol. The van der Waals surface area contributed by atoms with Gasteiger partial charge in [0.1, 0.15) is 5.82 Å². The standard InChI is InChI=1S/C14H12FN3/c1-18-14-8-11(7-6-10(14)9-16-18)17-13-5-3-2-4-12(13)15/h2-9,17H,1H3. The predicted molar refractivity (Wildman–Crippen MR) is 70.4 cm³/mol. The number of anilines is 2. The molecule has 0 aliphatic rings. The summed E-state index contributed by atoms with van der Waals surface area (Å²) in [5.41, 5.74) is 2.33. The molecular formula is C14H12FN3. The molecule has 0 bridgehead atoms. The van der Waals surface area contributed by atoms with Gasteiger partial charge >= 0.3 is 0 Å². The molecule has 0 fully saturated rings. The van der Waals surface area contributed by atoms with E-state index >= 15 is 0 Å². The highest BCUT2D eigenvalue weighted by molar-refractivity contribution is 5.83. The number of hydrogen-bond acceptors (Lipinski definition) is 2. The molecule has 1 N–H and O–H groups in total. The number of fused-ring (bicyclic) bond motifs is 1. The Kier molecular flexibility index (Phi) is 2.48. The Labute approximate surface area is 104 Å². The smallest absolute Gasteiger partial charge is 0.146 e. The van der Waals surface area contributed by atoms with Crippen molar-refractivity contribution >= 4 is 22.3 Å². The van der Waals surface area contributed by atoms with Crippen LogP contribution >= 0.6 is 0 Å². The van der Waals surface area contributed by atoms with E-state index in [0.29, 0.717) is 5.69 Å². The molecule has 0 saturated heterocycles. The van der Waals surface area contributed by atoms with Gasteiger partial charge in [0.2, 0.25) is 0 Å². The third-order valence-electron chi connectivity index (χ3n) is 2.90. The summed E-state index contributed by atoms with van der Waals surface area (Å²) >= 11 is 0. The van der Waals surface area contributed by atoms with Gasteiger partial charge in [-0.2, -0.15) is 5.10 Å². The molecule has 18 heavy (non-hydrogen) atoms. The minimum absolute atomic E-state index is 0.261. The number of aryl methyl sites for hydroxylation is 1. The van der Waals surface area contributed by atoms with E-state index in [9.17, 15) is 4.39 Å². The Morgan fingerprint density at radius 3 is 2.83 bits per heavy atom. The summed E-state index contributed by atoms with van der Waals surface area (Å²) in [7, 11) is 1.88. The van der Waals surface area contributed by atoms with Crippen LogP contribution in [0.2, 0.25) is 0 Å². The Balaban J connectivity index is 2.00. The molecule has 0 spiro atoms. The number of nitrogens with zero attached hydrogens (tertiary/aromatic N) is 2. The highest BCUT2D eigenvalue weighted by Gasteiger charge is 2.03. The number of rotatable bonds is 2. The largest absolute Gasteiger partial charge is 0.353 e. The van der Waals surface area contributed by atoms with Crippen LogP contribution in [0.5, 0.6) is 0 Å². The highest BCUT2D eigenvalue weighted by atomic mass is 19.1. The van der Waals surface area contributed by atoms with Crippen molar-refractivity contribution in [1.29, 1.82) is 0 Å². The van der Waals surface area contributed by atoms with Crippen molar-refractivity contribution in [2.45, 2.75) is 0 Å². The van der Waals surface area contributed by atoms with Crippen molar-refractivity contribution in [2.75, 3.05) is 5.32 Å². The zero-order chi connectivity index (χ0) is 12.5. The maximum Gasteiger partial charge on any atom is 0.146 e. The van der Waals surface area contributed by atoms with Crippen LogP contribution in [0.1, 0.15) is 0 Å². The van der Waals surface area contributed by atoms with Crippen molar-refractivity contribution in [2.24, 2.45) is 7.05 Å². The number of hydrogen-bond donors (Lipinski definition) is 1. The van der Waals surface area contributed by atoms with Crippen LogP contribution in [0.25, 0.3) is 10.9 Å². The van der Waals surface area contributed by atoms with Gasteiger partial charge in [-0.05, 0) is 30.3 Å². The number of aromatic nitrogens is 2. The SMILES string of the molecule is Cn1ncc2ccc(Nc3ccccc3F)cc21. The number of halogens is 1. The van der Waals surface area contributed by atoms with E-state index in [2.05, 4.69) is 10.4 Å². The quantitative estimate of drug-likeness (QED) is 0.744. The summed E-state index contributed by atoms with van der Waals surface area (Å²) in [6.07, 6.45) is 1.81. The first-order valence-corrected chi connectivity index (χ1v) is 5.67. The third-order valence-corrected chi connectivity index (χ3v) is 2.90.